The molecule has 5 N–H and O–H groups in total. The van der Waals surface area contributed by atoms with Crippen LogP contribution < -0.4 is 11.5 Å². The molecule has 1 aromatic carbocycles. The van der Waals surface area contributed by atoms with Gasteiger partial charge in [-0.25, -0.2) is 4.39 Å². The molecule has 0 aliphatic heterocycles. The van der Waals surface area contributed by atoms with Crippen molar-refractivity contribution in [1.82, 2.24) is 9.45 Å². The Morgan fingerprint density at radius 3 is 2.59 bits per heavy atom. The van der Waals surface area contributed by atoms with Crippen LogP contribution in [-0.4, -0.2) is 41.6 Å². The summed E-state index contributed by atoms with van der Waals surface area (Å²) in [6.45, 7) is 0.422. The van der Waals surface area contributed by atoms with E-state index in [1.165, 1.54) is 30.3 Å². The first-order valence-electron chi connectivity index (χ1n) is 8.23. The molecule has 0 aliphatic rings. The number of pyridine rings is 1. The third-order valence-electron chi connectivity index (χ3n) is 3.86. The van der Waals surface area contributed by atoms with Gasteiger partial charge in [-0.1, -0.05) is 18.6 Å². The molecule has 1 atom stereocenters. The van der Waals surface area contributed by atoms with Crippen molar-refractivity contribution in [2.24, 2.45) is 11.5 Å². The molecule has 0 bridgehead atoms. The maximum Gasteiger partial charge on any atom is 0.290 e. The van der Waals surface area contributed by atoms with Crippen molar-refractivity contribution in [3.63, 3.8) is 0 Å². The first-order valence-corrected chi connectivity index (χ1v) is 9.67. The molecule has 10 heteroatoms. The first kappa shape index (κ1) is 20.9. The van der Waals surface area contributed by atoms with Crippen LogP contribution in [0, 0.1) is 5.82 Å². The van der Waals surface area contributed by atoms with Crippen LogP contribution in [0.5, 0.6) is 0 Å². The van der Waals surface area contributed by atoms with E-state index in [9.17, 15) is 22.8 Å². The Labute approximate surface area is 156 Å². The highest BCUT2D eigenvalue weighted by atomic mass is 32.2. The smallest absolute Gasteiger partial charge is 0.290 e. The average Bonchev–Trinajstić information content (AvgIpc) is 2.67. The number of benzene rings is 1. The number of unbranched alkanes of at least 4 members (excludes halogenated alkanes) is 1. The van der Waals surface area contributed by atoms with Gasteiger partial charge >= 0.3 is 0 Å². The molecule has 146 valence electrons. The zero-order valence-electron chi connectivity index (χ0n) is 14.5. The van der Waals surface area contributed by atoms with Crippen LogP contribution in [0.2, 0.25) is 0 Å². The molecule has 1 heterocycles. The molecule has 0 radical (unpaired) electrons. The minimum atomic E-state index is -4.52. The van der Waals surface area contributed by atoms with Crippen molar-refractivity contribution >= 4 is 15.9 Å². The van der Waals surface area contributed by atoms with Crippen LogP contribution in [0.4, 0.5) is 4.39 Å². The van der Waals surface area contributed by atoms with Crippen LogP contribution in [0.1, 0.15) is 19.3 Å². The first-order chi connectivity index (χ1) is 12.8. The summed E-state index contributed by atoms with van der Waals surface area (Å²) in [5.74, 6) is -1.59. The van der Waals surface area contributed by atoms with Crippen LogP contribution in [0.25, 0.3) is 11.3 Å². The molecular formula is C17H21FN4O4S. The van der Waals surface area contributed by atoms with Crippen LogP contribution >= 0.6 is 0 Å². The van der Waals surface area contributed by atoms with Gasteiger partial charge in [0.2, 0.25) is 0 Å². The van der Waals surface area contributed by atoms with Gasteiger partial charge < -0.3 is 11.5 Å². The van der Waals surface area contributed by atoms with Crippen molar-refractivity contribution in [2.45, 2.75) is 30.2 Å². The lowest BCUT2D eigenvalue weighted by molar-refractivity contribution is -0.147. The highest BCUT2D eigenvalue weighted by Crippen LogP contribution is 2.21. The molecule has 2 aromatic rings. The summed E-state index contributed by atoms with van der Waals surface area (Å²) >= 11 is 0. The van der Waals surface area contributed by atoms with E-state index in [4.69, 9.17) is 11.5 Å². The standard InChI is InChI=1S/C17H21FN4O4S/c18-13-5-3-4-12(10-13)16-8-7-14(11-21-16)27(25,26)22(24)17(23)15(20)6-1-2-9-19/h3-5,7-8,10-11,15,24H,1-2,6,9,19-20H2/t15-/m1/s1. The summed E-state index contributed by atoms with van der Waals surface area (Å²) in [5.41, 5.74) is 11.8. The molecular weight excluding hydrogens is 375 g/mol. The van der Waals surface area contributed by atoms with Crippen LogP contribution in [0.15, 0.2) is 47.5 Å². The van der Waals surface area contributed by atoms with Gasteiger partial charge in [0.25, 0.3) is 15.9 Å². The summed E-state index contributed by atoms with van der Waals surface area (Å²) in [7, 11) is -4.52. The minimum absolute atomic E-state index is 0.194. The second kappa shape index (κ2) is 9.00. The number of aromatic nitrogens is 1. The number of nitrogens with zero attached hydrogens (tertiary/aromatic N) is 2. The summed E-state index contributed by atoms with van der Waals surface area (Å²) in [4.78, 5) is 15.6. The SMILES string of the molecule is NCCCC[C@@H](N)C(=O)N(O)S(=O)(=O)c1ccc(-c2cccc(F)c2)nc1. The Kier molecular flexibility index (Phi) is 6.97. The number of hydroxylamine groups is 1. The maximum absolute atomic E-state index is 13.3. The van der Waals surface area contributed by atoms with Gasteiger partial charge in [-0.2, -0.15) is 8.42 Å². The van der Waals surface area contributed by atoms with E-state index >= 15 is 0 Å². The monoisotopic (exact) mass is 396 g/mol. The van der Waals surface area contributed by atoms with E-state index in [0.717, 1.165) is 6.20 Å². The molecule has 0 aliphatic carbocycles. The Hall–Kier alpha value is -2.40. The van der Waals surface area contributed by atoms with Gasteiger partial charge in [-0.3, -0.25) is 15.0 Å². The van der Waals surface area contributed by atoms with E-state index in [-0.39, 0.29) is 10.9 Å². The molecule has 8 nitrogen and oxygen atoms in total. The summed E-state index contributed by atoms with van der Waals surface area (Å²) in [6, 6.07) is 6.97. The lowest BCUT2D eigenvalue weighted by Crippen LogP contribution is -2.45. The van der Waals surface area contributed by atoms with E-state index < -0.39 is 32.7 Å². The molecule has 27 heavy (non-hydrogen) atoms. The number of carbonyl (C=O) groups is 1. The number of rotatable bonds is 8. The zero-order valence-corrected chi connectivity index (χ0v) is 15.3. The van der Waals surface area contributed by atoms with E-state index in [1.807, 2.05) is 0 Å². The quantitative estimate of drug-likeness (QED) is 0.346. The van der Waals surface area contributed by atoms with Gasteiger partial charge in [0.05, 0.1) is 11.7 Å². The largest absolute Gasteiger partial charge is 0.330 e. The Balaban J connectivity index is 2.17. The van der Waals surface area contributed by atoms with Crippen molar-refractivity contribution in [1.29, 1.82) is 0 Å². The summed E-state index contributed by atoms with van der Waals surface area (Å²) < 4.78 is 37.7. The number of nitrogens with two attached hydrogens (primary N) is 2. The average molecular weight is 396 g/mol. The van der Waals surface area contributed by atoms with Gasteiger partial charge in [0.15, 0.2) is 0 Å². The van der Waals surface area contributed by atoms with E-state index in [1.54, 1.807) is 6.07 Å². The highest BCUT2D eigenvalue weighted by molar-refractivity contribution is 7.89. The topological polar surface area (TPSA) is 140 Å². The van der Waals surface area contributed by atoms with Crippen molar-refractivity contribution in [2.75, 3.05) is 6.54 Å². The Bertz CT molecular complexity index is 890. The Morgan fingerprint density at radius 1 is 1.26 bits per heavy atom. The normalized spacial score (nSPS) is 12.6. The molecule has 0 saturated heterocycles. The molecule has 0 fully saturated rings. The molecule has 0 saturated carbocycles. The predicted octanol–water partition coefficient (Wildman–Crippen LogP) is 1.25. The number of amides is 1. The number of halogens is 1. The van der Waals surface area contributed by atoms with Crippen molar-refractivity contribution in [3.05, 3.63) is 48.4 Å². The van der Waals surface area contributed by atoms with Gasteiger partial charge in [-0.05, 0) is 43.7 Å². The highest BCUT2D eigenvalue weighted by Gasteiger charge is 2.31. The molecule has 2 rings (SSSR count). The second-order valence-corrected chi connectivity index (χ2v) is 7.63. The fraction of sp³-hybridized carbons (Fsp3) is 0.294. The lowest BCUT2D eigenvalue weighted by atomic mass is 10.1. The number of sulfonamides is 1. The maximum atomic E-state index is 13.3. The molecule has 1 aromatic heterocycles. The summed E-state index contributed by atoms with van der Waals surface area (Å²) in [5, 5.41) is 9.86. The second-order valence-electron chi connectivity index (χ2n) is 5.87. The molecule has 1 amide bonds. The van der Waals surface area contributed by atoms with Crippen LogP contribution in [0.3, 0.4) is 0 Å². The fourth-order valence-electron chi connectivity index (χ4n) is 2.34. The fourth-order valence-corrected chi connectivity index (χ4v) is 3.34. The summed E-state index contributed by atoms with van der Waals surface area (Å²) in [6.07, 6.45) is 2.33. The molecule has 0 spiro atoms. The minimum Gasteiger partial charge on any atom is -0.330 e. The van der Waals surface area contributed by atoms with Gasteiger partial charge in [-0.15, -0.1) is 4.47 Å². The lowest BCUT2D eigenvalue weighted by Gasteiger charge is -2.19. The third kappa shape index (κ3) is 5.07. The van der Waals surface area contributed by atoms with E-state index in [2.05, 4.69) is 4.98 Å². The predicted molar refractivity (Wildman–Crippen MR) is 96.3 cm³/mol. The van der Waals surface area contributed by atoms with Gasteiger partial charge in [0.1, 0.15) is 10.7 Å². The zero-order chi connectivity index (χ0) is 20.0. The van der Waals surface area contributed by atoms with E-state index in [0.29, 0.717) is 30.6 Å². The Morgan fingerprint density at radius 2 is 2.00 bits per heavy atom. The van der Waals surface area contributed by atoms with Crippen molar-refractivity contribution in [3.8, 4) is 11.3 Å². The molecule has 0 unspecified atom stereocenters. The number of carbonyl (C=O) groups excluding carboxylic acids is 1. The number of hydrogen-bond donors (Lipinski definition) is 3. The van der Waals surface area contributed by atoms with Gasteiger partial charge in [0, 0.05) is 11.8 Å². The third-order valence-corrected chi connectivity index (χ3v) is 5.33. The number of hydrogen-bond acceptors (Lipinski definition) is 7. The van der Waals surface area contributed by atoms with Crippen LogP contribution in [-0.2, 0) is 14.8 Å². The van der Waals surface area contributed by atoms with Crippen molar-refractivity contribution < 1.29 is 22.8 Å².